The predicted molar refractivity (Wildman–Crippen MR) is 72.2 cm³/mol. The maximum absolute atomic E-state index is 12.1. The highest BCUT2D eigenvalue weighted by Gasteiger charge is 2.42. The number of anilines is 1. The molecule has 3 rings (SSSR count). The van der Waals surface area contributed by atoms with Gasteiger partial charge in [-0.1, -0.05) is 0 Å². The van der Waals surface area contributed by atoms with Gasteiger partial charge in [-0.15, -0.1) is 0 Å². The Labute approximate surface area is 112 Å². The molecular formula is C13H19N5O. The molecule has 102 valence electrons. The molecule has 1 fully saturated rings. The third kappa shape index (κ3) is 1.78. The Balaban J connectivity index is 2.00. The lowest BCUT2D eigenvalue weighted by molar-refractivity contribution is 0.0688. The zero-order valence-corrected chi connectivity index (χ0v) is 11.6. The van der Waals surface area contributed by atoms with E-state index in [4.69, 9.17) is 0 Å². The second-order valence-corrected chi connectivity index (χ2v) is 5.59. The van der Waals surface area contributed by atoms with E-state index in [9.17, 15) is 4.79 Å². The highest BCUT2D eigenvalue weighted by Crippen LogP contribution is 2.36. The maximum Gasteiger partial charge on any atom is 0.257 e. The van der Waals surface area contributed by atoms with Gasteiger partial charge in [0.15, 0.2) is 0 Å². The molecule has 0 saturated carbocycles. The summed E-state index contributed by atoms with van der Waals surface area (Å²) in [7, 11) is 1.81. The van der Waals surface area contributed by atoms with Crippen molar-refractivity contribution in [3.63, 3.8) is 0 Å². The summed E-state index contributed by atoms with van der Waals surface area (Å²) in [4.78, 5) is 25.0. The molecule has 6 heteroatoms. The van der Waals surface area contributed by atoms with Crippen molar-refractivity contribution in [1.29, 1.82) is 0 Å². The van der Waals surface area contributed by atoms with Gasteiger partial charge in [-0.2, -0.15) is 0 Å². The largest absolute Gasteiger partial charge is 0.338 e. The van der Waals surface area contributed by atoms with Crippen molar-refractivity contribution in [2.75, 3.05) is 38.1 Å². The van der Waals surface area contributed by atoms with Crippen molar-refractivity contribution in [3.8, 4) is 0 Å². The number of aromatic nitrogens is 2. The molecule has 2 aliphatic heterocycles. The first-order valence-corrected chi connectivity index (χ1v) is 6.63. The van der Waals surface area contributed by atoms with Crippen molar-refractivity contribution >= 4 is 11.9 Å². The molecule has 0 radical (unpaired) electrons. The highest BCUT2D eigenvalue weighted by atomic mass is 16.2. The third-order valence-electron chi connectivity index (χ3n) is 4.13. The van der Waals surface area contributed by atoms with Crippen LogP contribution in [-0.2, 0) is 5.54 Å². The zero-order chi connectivity index (χ0) is 13.6. The molecule has 1 amide bonds. The summed E-state index contributed by atoms with van der Waals surface area (Å²) in [5.41, 5.74) is 1.10. The van der Waals surface area contributed by atoms with Crippen LogP contribution < -0.4 is 10.2 Å². The zero-order valence-electron chi connectivity index (χ0n) is 11.6. The smallest absolute Gasteiger partial charge is 0.257 e. The van der Waals surface area contributed by atoms with Gasteiger partial charge in [0.05, 0.1) is 16.8 Å². The second-order valence-electron chi connectivity index (χ2n) is 5.59. The Hall–Kier alpha value is -1.69. The maximum atomic E-state index is 12.1. The molecule has 6 nitrogen and oxygen atoms in total. The van der Waals surface area contributed by atoms with Crippen LogP contribution in [0.4, 0.5) is 5.95 Å². The standard InChI is InChI=1S/C13H19N5O/c1-13(2)10-9(11(19)17(13)3)8-15-12(16-10)18-6-4-14-5-7-18/h8,14H,4-7H2,1-3H3. The quantitative estimate of drug-likeness (QED) is 0.783. The van der Waals surface area contributed by atoms with E-state index in [-0.39, 0.29) is 11.4 Å². The summed E-state index contributed by atoms with van der Waals surface area (Å²) in [6.45, 7) is 7.74. The minimum absolute atomic E-state index is 0.00635. The minimum Gasteiger partial charge on any atom is -0.338 e. The number of carbonyl (C=O) groups is 1. The number of fused-ring (bicyclic) bond motifs is 1. The molecule has 0 bridgehead atoms. The van der Waals surface area contributed by atoms with E-state index in [0.717, 1.165) is 37.8 Å². The van der Waals surface area contributed by atoms with Crippen molar-refractivity contribution < 1.29 is 4.79 Å². The van der Waals surface area contributed by atoms with Crippen molar-refractivity contribution in [1.82, 2.24) is 20.2 Å². The van der Waals surface area contributed by atoms with E-state index in [1.165, 1.54) is 0 Å². The molecule has 0 unspecified atom stereocenters. The van der Waals surface area contributed by atoms with Crippen LogP contribution in [0.2, 0.25) is 0 Å². The first-order chi connectivity index (χ1) is 9.01. The Bertz CT molecular complexity index is 522. The van der Waals surface area contributed by atoms with Gasteiger partial charge in [0, 0.05) is 39.4 Å². The summed E-state index contributed by atoms with van der Waals surface area (Å²) in [6, 6.07) is 0. The molecule has 0 aromatic carbocycles. The van der Waals surface area contributed by atoms with Crippen molar-refractivity contribution in [2.45, 2.75) is 19.4 Å². The van der Waals surface area contributed by atoms with Gasteiger partial charge in [-0.25, -0.2) is 9.97 Å². The van der Waals surface area contributed by atoms with E-state index in [2.05, 4.69) is 20.2 Å². The normalized spacial score (nSPS) is 21.7. The summed E-state index contributed by atoms with van der Waals surface area (Å²) < 4.78 is 0. The Morgan fingerprint density at radius 3 is 2.68 bits per heavy atom. The summed E-state index contributed by atoms with van der Waals surface area (Å²) >= 11 is 0. The molecular weight excluding hydrogens is 242 g/mol. The summed E-state index contributed by atoms with van der Waals surface area (Å²) in [6.07, 6.45) is 1.67. The fourth-order valence-corrected chi connectivity index (χ4v) is 2.61. The number of amides is 1. The minimum atomic E-state index is -0.363. The topological polar surface area (TPSA) is 61.4 Å². The third-order valence-corrected chi connectivity index (χ3v) is 4.13. The first kappa shape index (κ1) is 12.3. The number of nitrogens with zero attached hydrogens (tertiary/aromatic N) is 4. The lowest BCUT2D eigenvalue weighted by atomic mass is 10.0. The number of hydrogen-bond acceptors (Lipinski definition) is 5. The number of nitrogens with one attached hydrogen (secondary N) is 1. The van der Waals surface area contributed by atoms with E-state index < -0.39 is 0 Å². The van der Waals surface area contributed by atoms with Crippen molar-refractivity contribution in [2.24, 2.45) is 0 Å². The second kappa shape index (κ2) is 4.16. The van der Waals surface area contributed by atoms with Crippen LogP contribution in [0.25, 0.3) is 0 Å². The van der Waals surface area contributed by atoms with Crippen LogP contribution >= 0.6 is 0 Å². The Morgan fingerprint density at radius 1 is 1.32 bits per heavy atom. The van der Waals surface area contributed by atoms with Crippen LogP contribution in [-0.4, -0.2) is 54.0 Å². The van der Waals surface area contributed by atoms with E-state index in [1.54, 1.807) is 11.1 Å². The van der Waals surface area contributed by atoms with Gasteiger partial charge in [-0.3, -0.25) is 4.79 Å². The molecule has 2 aliphatic rings. The number of hydrogen-bond donors (Lipinski definition) is 1. The van der Waals surface area contributed by atoms with Gasteiger partial charge in [0.2, 0.25) is 5.95 Å². The van der Waals surface area contributed by atoms with E-state index >= 15 is 0 Å². The fraction of sp³-hybridized carbons (Fsp3) is 0.615. The fourth-order valence-electron chi connectivity index (χ4n) is 2.61. The molecule has 1 saturated heterocycles. The molecule has 1 aromatic rings. The first-order valence-electron chi connectivity index (χ1n) is 6.63. The van der Waals surface area contributed by atoms with Gasteiger partial charge in [0.25, 0.3) is 5.91 Å². The molecule has 0 aliphatic carbocycles. The number of piperazine rings is 1. The molecule has 19 heavy (non-hydrogen) atoms. The monoisotopic (exact) mass is 261 g/mol. The predicted octanol–water partition coefficient (Wildman–Crippen LogP) is 0.207. The van der Waals surface area contributed by atoms with Crippen LogP contribution in [0.15, 0.2) is 6.20 Å². The molecule has 1 aromatic heterocycles. The number of rotatable bonds is 1. The highest BCUT2D eigenvalue weighted by molar-refractivity contribution is 5.98. The van der Waals surface area contributed by atoms with Crippen LogP contribution in [0.3, 0.4) is 0 Å². The lowest BCUT2D eigenvalue weighted by Gasteiger charge is -2.30. The van der Waals surface area contributed by atoms with Gasteiger partial charge in [0.1, 0.15) is 0 Å². The van der Waals surface area contributed by atoms with Crippen LogP contribution in [0, 0.1) is 0 Å². The van der Waals surface area contributed by atoms with Crippen LogP contribution in [0.1, 0.15) is 29.9 Å². The SMILES string of the molecule is CN1C(=O)c2cnc(N3CCNCC3)nc2C1(C)C. The van der Waals surface area contributed by atoms with Crippen LogP contribution in [0.5, 0.6) is 0 Å². The average molecular weight is 261 g/mol. The molecule has 0 atom stereocenters. The lowest BCUT2D eigenvalue weighted by Crippen LogP contribution is -2.44. The van der Waals surface area contributed by atoms with E-state index in [0.29, 0.717) is 5.56 Å². The Kier molecular flexibility index (Phi) is 2.70. The molecule has 3 heterocycles. The summed E-state index contributed by atoms with van der Waals surface area (Å²) in [5.74, 6) is 0.739. The van der Waals surface area contributed by atoms with Gasteiger partial charge < -0.3 is 15.1 Å². The summed E-state index contributed by atoms with van der Waals surface area (Å²) in [5, 5.41) is 3.31. The molecule has 0 spiro atoms. The molecule has 1 N–H and O–H groups in total. The van der Waals surface area contributed by atoms with Gasteiger partial charge in [-0.05, 0) is 13.8 Å². The average Bonchev–Trinajstić information content (AvgIpc) is 2.61. The number of carbonyl (C=O) groups excluding carboxylic acids is 1. The van der Waals surface area contributed by atoms with Gasteiger partial charge >= 0.3 is 0 Å². The Morgan fingerprint density at radius 2 is 2.00 bits per heavy atom. The van der Waals surface area contributed by atoms with E-state index in [1.807, 2.05) is 20.9 Å². The van der Waals surface area contributed by atoms with Crippen molar-refractivity contribution in [3.05, 3.63) is 17.5 Å².